The van der Waals surface area contributed by atoms with Gasteiger partial charge in [-0.15, -0.1) is 0 Å². The molecule has 0 bridgehead atoms. The van der Waals surface area contributed by atoms with Crippen molar-refractivity contribution in [1.29, 1.82) is 0 Å². The average molecular weight is 230 g/mol. The molecule has 0 amide bonds. The van der Waals surface area contributed by atoms with E-state index in [4.69, 9.17) is 11.5 Å². The van der Waals surface area contributed by atoms with E-state index in [1.165, 1.54) is 6.07 Å². The summed E-state index contributed by atoms with van der Waals surface area (Å²) >= 11 is 0. The normalized spacial score (nSPS) is 12.4. The number of nitrogens with two attached hydrogens (primary N) is 2. The second-order valence-electron chi connectivity index (χ2n) is 3.95. The Bertz CT molecular complexity index is 497. The Labute approximate surface area is 100 Å². The minimum absolute atomic E-state index is 0.266. The molecule has 0 heterocycles. The fourth-order valence-electron chi connectivity index (χ4n) is 1.75. The second-order valence-corrected chi connectivity index (χ2v) is 3.95. The lowest BCUT2D eigenvalue weighted by molar-refractivity contribution is 0.623. The molecule has 0 saturated carbocycles. The van der Waals surface area contributed by atoms with Gasteiger partial charge in [-0.25, -0.2) is 4.39 Å². The van der Waals surface area contributed by atoms with Gasteiger partial charge in [-0.3, -0.25) is 0 Å². The maximum Gasteiger partial charge on any atom is 0.131 e. The molecule has 0 radical (unpaired) electrons. The lowest BCUT2D eigenvalue weighted by atomic mass is 10.0. The van der Waals surface area contributed by atoms with Crippen molar-refractivity contribution in [3.63, 3.8) is 0 Å². The maximum absolute atomic E-state index is 13.9. The predicted octanol–water partition coefficient (Wildman–Crippen LogP) is 2.45. The van der Waals surface area contributed by atoms with E-state index < -0.39 is 0 Å². The van der Waals surface area contributed by atoms with E-state index >= 15 is 0 Å². The van der Waals surface area contributed by atoms with Gasteiger partial charge in [-0.1, -0.05) is 42.5 Å². The average Bonchev–Trinajstić information content (AvgIpc) is 2.38. The van der Waals surface area contributed by atoms with Gasteiger partial charge in [0.15, 0.2) is 0 Å². The van der Waals surface area contributed by atoms with Crippen molar-refractivity contribution >= 4 is 0 Å². The fraction of sp³-hybridized carbons (Fsp3) is 0.143. The molecule has 1 atom stereocenters. The molecule has 4 N–H and O–H groups in total. The molecule has 0 aliphatic heterocycles. The smallest absolute Gasteiger partial charge is 0.131 e. The van der Waals surface area contributed by atoms with Gasteiger partial charge in [0.05, 0.1) is 0 Å². The molecule has 0 fully saturated rings. The van der Waals surface area contributed by atoms with Crippen LogP contribution in [0.5, 0.6) is 0 Å². The first-order chi connectivity index (χ1) is 8.22. The Morgan fingerprint density at radius 3 is 2.35 bits per heavy atom. The van der Waals surface area contributed by atoms with E-state index in [-0.39, 0.29) is 11.9 Å². The van der Waals surface area contributed by atoms with Crippen molar-refractivity contribution < 1.29 is 4.39 Å². The molecule has 2 nitrogen and oxygen atoms in total. The summed E-state index contributed by atoms with van der Waals surface area (Å²) in [5.41, 5.74) is 13.4. The SMILES string of the molecule is NCC(N)c1ccc(-c2ccccc2)c(F)c1. The predicted molar refractivity (Wildman–Crippen MR) is 67.8 cm³/mol. The number of benzene rings is 2. The highest BCUT2D eigenvalue weighted by Gasteiger charge is 2.09. The van der Waals surface area contributed by atoms with Crippen LogP contribution in [-0.4, -0.2) is 6.54 Å². The topological polar surface area (TPSA) is 52.0 Å². The van der Waals surface area contributed by atoms with E-state index in [0.717, 1.165) is 11.1 Å². The standard InChI is InChI=1S/C14H15FN2/c15-13-8-11(14(17)9-16)6-7-12(13)10-4-2-1-3-5-10/h1-8,14H,9,16-17H2. The molecule has 2 rings (SSSR count). The van der Waals surface area contributed by atoms with Crippen LogP contribution in [0.4, 0.5) is 4.39 Å². The van der Waals surface area contributed by atoms with Crippen molar-refractivity contribution in [3.8, 4) is 11.1 Å². The van der Waals surface area contributed by atoms with Crippen molar-refractivity contribution in [1.82, 2.24) is 0 Å². The first kappa shape index (κ1) is 11.8. The zero-order valence-corrected chi connectivity index (χ0v) is 9.44. The van der Waals surface area contributed by atoms with Crippen molar-refractivity contribution in [3.05, 3.63) is 59.9 Å². The number of hydrogen-bond acceptors (Lipinski definition) is 2. The Balaban J connectivity index is 2.39. The first-order valence-electron chi connectivity index (χ1n) is 5.53. The second kappa shape index (κ2) is 5.08. The summed E-state index contributed by atoms with van der Waals surface area (Å²) in [6.07, 6.45) is 0. The summed E-state index contributed by atoms with van der Waals surface area (Å²) in [6, 6.07) is 14.1. The molecule has 0 spiro atoms. The van der Waals surface area contributed by atoms with E-state index in [9.17, 15) is 4.39 Å². The fourth-order valence-corrected chi connectivity index (χ4v) is 1.75. The van der Waals surface area contributed by atoms with Gasteiger partial charge in [0, 0.05) is 18.2 Å². The molecule has 17 heavy (non-hydrogen) atoms. The van der Waals surface area contributed by atoms with Crippen LogP contribution in [0.1, 0.15) is 11.6 Å². The van der Waals surface area contributed by atoms with Gasteiger partial charge in [-0.2, -0.15) is 0 Å². The molecular weight excluding hydrogens is 215 g/mol. The van der Waals surface area contributed by atoms with E-state index in [1.807, 2.05) is 36.4 Å². The zero-order valence-electron chi connectivity index (χ0n) is 9.44. The van der Waals surface area contributed by atoms with Crippen LogP contribution in [-0.2, 0) is 0 Å². The molecule has 2 aromatic carbocycles. The van der Waals surface area contributed by atoms with Gasteiger partial charge in [0.2, 0.25) is 0 Å². The van der Waals surface area contributed by atoms with Gasteiger partial charge < -0.3 is 11.5 Å². The van der Waals surface area contributed by atoms with Crippen LogP contribution in [0.3, 0.4) is 0 Å². The highest BCUT2D eigenvalue weighted by molar-refractivity contribution is 5.64. The highest BCUT2D eigenvalue weighted by atomic mass is 19.1. The summed E-state index contributed by atoms with van der Waals surface area (Å²) in [5, 5.41) is 0. The zero-order chi connectivity index (χ0) is 12.3. The third-order valence-electron chi connectivity index (χ3n) is 2.76. The molecular formula is C14H15FN2. The third-order valence-corrected chi connectivity index (χ3v) is 2.76. The van der Waals surface area contributed by atoms with E-state index in [2.05, 4.69) is 0 Å². The Morgan fingerprint density at radius 2 is 1.76 bits per heavy atom. The summed E-state index contributed by atoms with van der Waals surface area (Å²) < 4.78 is 13.9. The van der Waals surface area contributed by atoms with Crippen LogP contribution in [0.15, 0.2) is 48.5 Å². The van der Waals surface area contributed by atoms with Crippen LogP contribution in [0.25, 0.3) is 11.1 Å². The molecule has 3 heteroatoms. The number of halogens is 1. The van der Waals surface area contributed by atoms with Crippen molar-refractivity contribution in [2.24, 2.45) is 11.5 Å². The summed E-state index contributed by atoms with van der Waals surface area (Å²) in [6.45, 7) is 0.310. The Hall–Kier alpha value is -1.71. The minimum Gasteiger partial charge on any atom is -0.329 e. The highest BCUT2D eigenvalue weighted by Crippen LogP contribution is 2.24. The summed E-state index contributed by atoms with van der Waals surface area (Å²) in [5.74, 6) is -0.266. The van der Waals surface area contributed by atoms with Gasteiger partial charge in [0.1, 0.15) is 5.82 Å². The molecule has 88 valence electrons. The van der Waals surface area contributed by atoms with E-state index in [1.54, 1.807) is 6.07 Å². The van der Waals surface area contributed by atoms with Crippen LogP contribution < -0.4 is 11.5 Å². The minimum atomic E-state index is -0.311. The molecule has 2 aromatic rings. The van der Waals surface area contributed by atoms with Crippen LogP contribution in [0.2, 0.25) is 0 Å². The third kappa shape index (κ3) is 2.52. The van der Waals surface area contributed by atoms with Gasteiger partial charge in [-0.05, 0) is 17.2 Å². The van der Waals surface area contributed by atoms with Crippen LogP contribution in [0, 0.1) is 5.82 Å². The lowest BCUT2D eigenvalue weighted by Gasteiger charge is -2.11. The number of rotatable bonds is 3. The van der Waals surface area contributed by atoms with Gasteiger partial charge >= 0.3 is 0 Å². The summed E-state index contributed by atoms with van der Waals surface area (Å²) in [7, 11) is 0. The first-order valence-corrected chi connectivity index (χ1v) is 5.53. The molecule has 0 aliphatic carbocycles. The quantitative estimate of drug-likeness (QED) is 0.851. The van der Waals surface area contributed by atoms with Crippen molar-refractivity contribution in [2.75, 3.05) is 6.54 Å². The van der Waals surface area contributed by atoms with Crippen molar-refractivity contribution in [2.45, 2.75) is 6.04 Å². The Morgan fingerprint density at radius 1 is 1.06 bits per heavy atom. The number of hydrogen-bond donors (Lipinski definition) is 2. The molecule has 0 saturated heterocycles. The van der Waals surface area contributed by atoms with Crippen LogP contribution >= 0.6 is 0 Å². The molecule has 0 aromatic heterocycles. The lowest BCUT2D eigenvalue weighted by Crippen LogP contribution is -2.20. The largest absolute Gasteiger partial charge is 0.329 e. The maximum atomic E-state index is 13.9. The molecule has 1 unspecified atom stereocenters. The Kier molecular flexibility index (Phi) is 3.52. The summed E-state index contributed by atoms with van der Waals surface area (Å²) in [4.78, 5) is 0. The van der Waals surface area contributed by atoms with E-state index in [0.29, 0.717) is 12.1 Å². The van der Waals surface area contributed by atoms with Gasteiger partial charge in [0.25, 0.3) is 0 Å². The monoisotopic (exact) mass is 230 g/mol. The molecule has 0 aliphatic rings.